The van der Waals surface area contributed by atoms with Gasteiger partial charge in [-0.15, -0.1) is 11.3 Å². The fourth-order valence-electron chi connectivity index (χ4n) is 2.44. The van der Waals surface area contributed by atoms with Gasteiger partial charge in [0.1, 0.15) is 11.4 Å². The number of thiazole rings is 1. The second kappa shape index (κ2) is 7.08. The third-order valence-electron chi connectivity index (χ3n) is 3.84. The van der Waals surface area contributed by atoms with Gasteiger partial charge in [0.25, 0.3) is 5.91 Å². The molecule has 27 heavy (non-hydrogen) atoms. The van der Waals surface area contributed by atoms with Crippen molar-refractivity contribution < 1.29 is 9.21 Å². The van der Waals surface area contributed by atoms with Gasteiger partial charge in [0.2, 0.25) is 11.7 Å². The van der Waals surface area contributed by atoms with Crippen molar-refractivity contribution in [2.75, 3.05) is 5.32 Å². The van der Waals surface area contributed by atoms with Gasteiger partial charge < -0.3 is 4.42 Å². The molecule has 0 radical (unpaired) electrons. The van der Waals surface area contributed by atoms with Crippen molar-refractivity contribution in [3.63, 3.8) is 0 Å². The maximum Gasteiger partial charge on any atom is 0.294 e. The first-order chi connectivity index (χ1) is 13.1. The van der Waals surface area contributed by atoms with Gasteiger partial charge in [-0.2, -0.15) is 0 Å². The Kier molecular flexibility index (Phi) is 4.47. The predicted molar refractivity (Wildman–Crippen MR) is 103 cm³/mol. The van der Waals surface area contributed by atoms with Crippen LogP contribution in [0.15, 0.2) is 52.7 Å². The van der Waals surface area contributed by atoms with E-state index in [9.17, 15) is 4.79 Å². The molecule has 0 bridgehead atoms. The van der Waals surface area contributed by atoms with Crippen molar-refractivity contribution in [2.45, 2.75) is 13.8 Å². The molecular formula is C19H15N5O2S. The normalized spacial score (nSPS) is 10.7. The average Bonchev–Trinajstić information content (AvgIpc) is 3.33. The number of aromatic nitrogens is 4. The van der Waals surface area contributed by atoms with Gasteiger partial charge in [-0.1, -0.05) is 12.1 Å². The SMILES string of the molecule is Cc1ccc(-c2ncc(C(=O)Nc3nc(-c4ncccc4C)cs3)o2)nc1. The molecule has 0 aliphatic heterocycles. The highest BCUT2D eigenvalue weighted by molar-refractivity contribution is 7.14. The summed E-state index contributed by atoms with van der Waals surface area (Å²) in [5, 5.41) is 5.05. The van der Waals surface area contributed by atoms with Crippen LogP contribution in [0.25, 0.3) is 23.0 Å². The Balaban J connectivity index is 1.50. The molecule has 0 atom stereocenters. The first kappa shape index (κ1) is 17.0. The average molecular weight is 377 g/mol. The molecule has 0 aliphatic rings. The van der Waals surface area contributed by atoms with Gasteiger partial charge in [-0.05, 0) is 37.1 Å². The zero-order chi connectivity index (χ0) is 18.8. The Morgan fingerprint density at radius 3 is 2.74 bits per heavy atom. The lowest BCUT2D eigenvalue weighted by Crippen LogP contribution is -2.10. The van der Waals surface area contributed by atoms with Crippen molar-refractivity contribution in [1.29, 1.82) is 0 Å². The molecule has 0 saturated carbocycles. The second-order valence-corrected chi connectivity index (χ2v) is 6.77. The molecule has 0 fully saturated rings. The van der Waals surface area contributed by atoms with Gasteiger partial charge in [0, 0.05) is 17.8 Å². The first-order valence-electron chi connectivity index (χ1n) is 8.18. The number of carbonyl (C=O) groups excluding carboxylic acids is 1. The Morgan fingerprint density at radius 1 is 1.07 bits per heavy atom. The summed E-state index contributed by atoms with van der Waals surface area (Å²) in [7, 11) is 0. The Hall–Kier alpha value is -3.39. The highest BCUT2D eigenvalue weighted by atomic mass is 32.1. The third-order valence-corrected chi connectivity index (χ3v) is 4.59. The van der Waals surface area contributed by atoms with Crippen molar-refractivity contribution >= 4 is 22.4 Å². The van der Waals surface area contributed by atoms with Crippen LogP contribution < -0.4 is 5.32 Å². The molecule has 134 valence electrons. The predicted octanol–water partition coefficient (Wildman–Crippen LogP) is 4.12. The minimum absolute atomic E-state index is 0.0955. The zero-order valence-electron chi connectivity index (χ0n) is 14.6. The quantitative estimate of drug-likeness (QED) is 0.575. The van der Waals surface area contributed by atoms with Gasteiger partial charge in [0.05, 0.1) is 11.9 Å². The minimum atomic E-state index is -0.417. The molecule has 0 spiro atoms. The molecule has 7 nitrogen and oxygen atoms in total. The lowest BCUT2D eigenvalue weighted by atomic mass is 10.2. The Labute approximate surface area is 159 Å². The van der Waals surface area contributed by atoms with Crippen LogP contribution >= 0.6 is 11.3 Å². The molecule has 1 amide bonds. The third kappa shape index (κ3) is 3.61. The molecule has 0 unspecified atom stereocenters. The summed E-state index contributed by atoms with van der Waals surface area (Å²) in [5.74, 6) is -0.0262. The molecule has 0 aromatic carbocycles. The zero-order valence-corrected chi connectivity index (χ0v) is 15.4. The summed E-state index contributed by atoms with van der Waals surface area (Å²) < 4.78 is 5.53. The summed E-state index contributed by atoms with van der Waals surface area (Å²) in [6.07, 6.45) is 4.81. The number of rotatable bonds is 4. The van der Waals surface area contributed by atoms with Crippen molar-refractivity contribution in [3.05, 3.63) is 65.1 Å². The minimum Gasteiger partial charge on any atom is -0.429 e. The summed E-state index contributed by atoms with van der Waals surface area (Å²) in [6, 6.07) is 7.54. The monoisotopic (exact) mass is 377 g/mol. The van der Waals surface area contributed by atoms with Crippen LogP contribution in [-0.2, 0) is 0 Å². The van der Waals surface area contributed by atoms with E-state index in [1.165, 1.54) is 17.5 Å². The largest absolute Gasteiger partial charge is 0.429 e. The number of amides is 1. The smallest absolute Gasteiger partial charge is 0.294 e. The summed E-state index contributed by atoms with van der Waals surface area (Å²) >= 11 is 1.32. The van der Waals surface area contributed by atoms with E-state index in [0.29, 0.717) is 16.7 Å². The van der Waals surface area contributed by atoms with Crippen LogP contribution in [0.3, 0.4) is 0 Å². The van der Waals surface area contributed by atoms with Crippen LogP contribution in [0.4, 0.5) is 5.13 Å². The van der Waals surface area contributed by atoms with Crippen LogP contribution in [0, 0.1) is 13.8 Å². The van der Waals surface area contributed by atoms with E-state index in [-0.39, 0.29) is 5.76 Å². The van der Waals surface area contributed by atoms with Crippen LogP contribution in [-0.4, -0.2) is 25.8 Å². The molecule has 0 saturated heterocycles. The van der Waals surface area contributed by atoms with Crippen molar-refractivity contribution in [1.82, 2.24) is 19.9 Å². The molecule has 8 heteroatoms. The van der Waals surface area contributed by atoms with Gasteiger partial charge >= 0.3 is 0 Å². The molecule has 0 aliphatic carbocycles. The topological polar surface area (TPSA) is 93.8 Å². The molecule has 1 N–H and O–H groups in total. The lowest BCUT2D eigenvalue weighted by Gasteiger charge is -2.00. The van der Waals surface area contributed by atoms with E-state index in [1.807, 2.05) is 37.4 Å². The van der Waals surface area contributed by atoms with E-state index in [4.69, 9.17) is 4.42 Å². The maximum atomic E-state index is 12.4. The number of pyridine rings is 2. The standard InChI is InChI=1S/C19H15N5O2S/c1-11-5-6-13(21-8-11)18-22-9-15(26-18)17(25)24-19-23-14(10-27-19)16-12(2)4-3-7-20-16/h3-10H,1-2H3,(H,23,24,25). The van der Waals surface area contributed by atoms with Gasteiger partial charge in [-0.25, -0.2) is 9.97 Å². The lowest BCUT2D eigenvalue weighted by molar-refractivity contribution is 0.0997. The summed E-state index contributed by atoms with van der Waals surface area (Å²) in [5.41, 5.74) is 4.14. The van der Waals surface area contributed by atoms with Crippen LogP contribution in [0.5, 0.6) is 0 Å². The fourth-order valence-corrected chi connectivity index (χ4v) is 3.13. The van der Waals surface area contributed by atoms with Crippen LogP contribution in [0.1, 0.15) is 21.7 Å². The molecular weight excluding hydrogens is 362 g/mol. The Bertz CT molecular complexity index is 1100. The highest BCUT2D eigenvalue weighted by Gasteiger charge is 2.16. The van der Waals surface area contributed by atoms with Crippen molar-refractivity contribution in [3.8, 4) is 23.0 Å². The van der Waals surface area contributed by atoms with E-state index >= 15 is 0 Å². The fraction of sp³-hybridized carbons (Fsp3) is 0.105. The number of carbonyl (C=O) groups is 1. The summed E-state index contributed by atoms with van der Waals surface area (Å²) in [4.78, 5) is 29.6. The number of hydrogen-bond donors (Lipinski definition) is 1. The van der Waals surface area contributed by atoms with E-state index in [0.717, 1.165) is 22.5 Å². The van der Waals surface area contributed by atoms with Gasteiger partial charge in [-0.3, -0.25) is 20.1 Å². The number of nitrogens with zero attached hydrogens (tertiary/aromatic N) is 4. The molecule has 4 heterocycles. The number of nitrogens with one attached hydrogen (secondary N) is 1. The summed E-state index contributed by atoms with van der Waals surface area (Å²) in [6.45, 7) is 3.91. The van der Waals surface area contributed by atoms with E-state index in [1.54, 1.807) is 18.5 Å². The van der Waals surface area contributed by atoms with E-state index in [2.05, 4.69) is 25.3 Å². The first-order valence-corrected chi connectivity index (χ1v) is 9.06. The Morgan fingerprint density at radius 2 is 1.96 bits per heavy atom. The number of oxazole rings is 1. The van der Waals surface area contributed by atoms with Gasteiger partial charge in [0.15, 0.2) is 5.13 Å². The number of anilines is 1. The molecule has 4 rings (SSSR count). The molecule has 4 aromatic heterocycles. The number of aryl methyl sites for hydroxylation is 2. The molecule has 4 aromatic rings. The van der Waals surface area contributed by atoms with E-state index < -0.39 is 5.91 Å². The number of hydrogen-bond acceptors (Lipinski definition) is 7. The maximum absolute atomic E-state index is 12.4. The highest BCUT2D eigenvalue weighted by Crippen LogP contribution is 2.26. The van der Waals surface area contributed by atoms with Crippen LogP contribution in [0.2, 0.25) is 0 Å². The second-order valence-electron chi connectivity index (χ2n) is 5.91. The van der Waals surface area contributed by atoms with Crippen molar-refractivity contribution in [2.24, 2.45) is 0 Å².